The predicted molar refractivity (Wildman–Crippen MR) is 90.4 cm³/mol. The second kappa shape index (κ2) is 6.29. The van der Waals surface area contributed by atoms with Gasteiger partial charge in [-0.25, -0.2) is 0 Å². The zero-order chi connectivity index (χ0) is 16.4. The van der Waals surface area contributed by atoms with Gasteiger partial charge in [-0.05, 0) is 40.9 Å². The minimum atomic E-state index is -0.274. The van der Waals surface area contributed by atoms with Crippen LogP contribution in [-0.2, 0) is 17.3 Å². The first-order valence-electron chi connectivity index (χ1n) is 8.09. The van der Waals surface area contributed by atoms with Crippen LogP contribution in [-0.4, -0.2) is 10.2 Å². The van der Waals surface area contributed by atoms with E-state index in [1.807, 2.05) is 26.8 Å². The van der Waals surface area contributed by atoms with Crippen molar-refractivity contribution in [2.75, 3.05) is 0 Å². The lowest BCUT2D eigenvalue weighted by atomic mass is 9.77. The van der Waals surface area contributed by atoms with Crippen molar-refractivity contribution in [2.24, 2.45) is 0 Å². The summed E-state index contributed by atoms with van der Waals surface area (Å²) in [5.74, 6) is 0.507. The molecule has 0 aliphatic heterocycles. The van der Waals surface area contributed by atoms with Crippen LogP contribution in [0.1, 0.15) is 84.4 Å². The summed E-state index contributed by atoms with van der Waals surface area (Å²) >= 11 is 0. The lowest BCUT2D eigenvalue weighted by Gasteiger charge is -2.29. The molecule has 2 nitrogen and oxygen atoms in total. The van der Waals surface area contributed by atoms with Crippen LogP contribution in [0.5, 0.6) is 11.5 Å². The fourth-order valence-electron chi connectivity index (χ4n) is 2.91. The van der Waals surface area contributed by atoms with Crippen LogP contribution in [0.2, 0.25) is 0 Å². The van der Waals surface area contributed by atoms with E-state index in [1.54, 1.807) is 0 Å². The van der Waals surface area contributed by atoms with Gasteiger partial charge in [0.25, 0.3) is 0 Å². The van der Waals surface area contributed by atoms with E-state index in [4.69, 9.17) is 0 Å². The van der Waals surface area contributed by atoms with E-state index in [2.05, 4.69) is 27.7 Å². The van der Waals surface area contributed by atoms with Gasteiger partial charge in [-0.15, -0.1) is 0 Å². The number of hydrogen-bond acceptors (Lipinski definition) is 2. The summed E-state index contributed by atoms with van der Waals surface area (Å²) in [6, 6.07) is 1.86. The van der Waals surface area contributed by atoms with Gasteiger partial charge in [-0.2, -0.15) is 0 Å². The number of unbranched alkanes of at least 4 members (excludes halogenated alkanes) is 2. The molecule has 1 aromatic rings. The molecule has 2 heteroatoms. The highest BCUT2D eigenvalue weighted by atomic mass is 16.3. The standard InChI is InChI=1S/C19H32O2/c1-8-9-10-11-13-14(18(2,3)4)12-15(20)16(17(13)21)19(5,6)7/h12,20-21H,8-11H2,1-7H3. The van der Waals surface area contributed by atoms with E-state index >= 15 is 0 Å². The molecule has 2 N–H and O–H groups in total. The molecule has 0 fully saturated rings. The Labute approximate surface area is 130 Å². The molecule has 0 aromatic heterocycles. The molecule has 21 heavy (non-hydrogen) atoms. The van der Waals surface area contributed by atoms with E-state index in [-0.39, 0.29) is 16.6 Å². The highest BCUT2D eigenvalue weighted by Gasteiger charge is 2.29. The predicted octanol–water partition coefficient (Wildman–Crippen LogP) is 5.43. The van der Waals surface area contributed by atoms with Gasteiger partial charge in [0.2, 0.25) is 0 Å². The van der Waals surface area contributed by atoms with Crippen molar-refractivity contribution in [3.8, 4) is 11.5 Å². The minimum absolute atomic E-state index is 0.0904. The molecule has 1 rings (SSSR count). The molecule has 0 bridgehead atoms. The molecule has 0 amide bonds. The zero-order valence-corrected chi connectivity index (χ0v) is 14.8. The van der Waals surface area contributed by atoms with E-state index < -0.39 is 0 Å². The Balaban J connectivity index is 3.47. The van der Waals surface area contributed by atoms with E-state index in [9.17, 15) is 10.2 Å². The maximum atomic E-state index is 10.8. The summed E-state index contributed by atoms with van der Waals surface area (Å²) in [7, 11) is 0. The van der Waals surface area contributed by atoms with Crippen molar-refractivity contribution in [1.82, 2.24) is 0 Å². The van der Waals surface area contributed by atoms with E-state index in [0.29, 0.717) is 11.3 Å². The van der Waals surface area contributed by atoms with E-state index in [1.165, 1.54) is 0 Å². The maximum absolute atomic E-state index is 10.8. The molecule has 0 unspecified atom stereocenters. The fourth-order valence-corrected chi connectivity index (χ4v) is 2.91. The van der Waals surface area contributed by atoms with Crippen LogP contribution in [0, 0.1) is 0 Å². The third kappa shape index (κ3) is 4.15. The zero-order valence-electron chi connectivity index (χ0n) is 14.8. The summed E-state index contributed by atoms with van der Waals surface area (Å²) in [6.45, 7) is 14.6. The van der Waals surface area contributed by atoms with Crippen molar-refractivity contribution in [3.63, 3.8) is 0 Å². The highest BCUT2D eigenvalue weighted by Crippen LogP contribution is 2.44. The Bertz CT molecular complexity index is 488. The summed E-state index contributed by atoms with van der Waals surface area (Å²) in [6.07, 6.45) is 4.27. The summed E-state index contributed by atoms with van der Waals surface area (Å²) in [5.41, 5.74) is 2.37. The third-order valence-corrected chi connectivity index (χ3v) is 3.97. The van der Waals surface area contributed by atoms with Crippen molar-refractivity contribution in [3.05, 3.63) is 22.8 Å². The number of aromatic hydroxyl groups is 2. The molecule has 0 spiro atoms. The monoisotopic (exact) mass is 292 g/mol. The van der Waals surface area contributed by atoms with E-state index in [0.717, 1.165) is 36.8 Å². The van der Waals surface area contributed by atoms with Gasteiger partial charge in [0.15, 0.2) is 0 Å². The van der Waals surface area contributed by atoms with Gasteiger partial charge in [-0.1, -0.05) is 61.3 Å². The van der Waals surface area contributed by atoms with Gasteiger partial charge in [0, 0.05) is 5.56 Å². The highest BCUT2D eigenvalue weighted by molar-refractivity contribution is 5.57. The molecule has 0 saturated heterocycles. The first-order chi connectivity index (χ1) is 9.50. The molecular formula is C19H32O2. The van der Waals surface area contributed by atoms with Crippen LogP contribution < -0.4 is 0 Å². The summed E-state index contributed by atoms with van der Waals surface area (Å²) < 4.78 is 0. The normalized spacial score (nSPS) is 12.7. The Morgan fingerprint density at radius 3 is 1.90 bits per heavy atom. The van der Waals surface area contributed by atoms with Crippen molar-refractivity contribution in [1.29, 1.82) is 0 Å². The Hall–Kier alpha value is -1.18. The largest absolute Gasteiger partial charge is 0.507 e. The third-order valence-electron chi connectivity index (χ3n) is 3.97. The first-order valence-corrected chi connectivity index (χ1v) is 8.09. The number of benzene rings is 1. The molecule has 0 radical (unpaired) electrons. The van der Waals surface area contributed by atoms with Crippen LogP contribution in [0.25, 0.3) is 0 Å². The molecule has 0 heterocycles. The van der Waals surface area contributed by atoms with Crippen LogP contribution in [0.15, 0.2) is 6.07 Å². The lowest BCUT2D eigenvalue weighted by molar-refractivity contribution is 0.400. The molecule has 0 aliphatic carbocycles. The minimum Gasteiger partial charge on any atom is -0.507 e. The Morgan fingerprint density at radius 2 is 1.48 bits per heavy atom. The van der Waals surface area contributed by atoms with Gasteiger partial charge in [-0.3, -0.25) is 0 Å². The van der Waals surface area contributed by atoms with Gasteiger partial charge < -0.3 is 10.2 Å². The van der Waals surface area contributed by atoms with Crippen LogP contribution in [0.4, 0.5) is 0 Å². The fraction of sp³-hybridized carbons (Fsp3) is 0.684. The molecule has 1 aromatic carbocycles. The first kappa shape index (κ1) is 17.9. The van der Waals surface area contributed by atoms with Crippen molar-refractivity contribution < 1.29 is 10.2 Å². The molecule has 0 saturated carbocycles. The molecule has 0 aliphatic rings. The van der Waals surface area contributed by atoms with Gasteiger partial charge in [0.1, 0.15) is 11.5 Å². The number of phenolic OH excluding ortho intramolecular Hbond substituents is 2. The van der Waals surface area contributed by atoms with Gasteiger partial charge in [0.05, 0.1) is 0 Å². The number of phenols is 2. The average Bonchev–Trinajstić information content (AvgIpc) is 2.28. The lowest BCUT2D eigenvalue weighted by Crippen LogP contribution is -2.18. The SMILES string of the molecule is CCCCCc1c(C(C)(C)C)cc(O)c(C(C)(C)C)c1O. The molecular weight excluding hydrogens is 260 g/mol. The average molecular weight is 292 g/mol. The number of hydrogen-bond donors (Lipinski definition) is 2. The Kier molecular flexibility index (Phi) is 5.35. The second-order valence-corrected chi connectivity index (χ2v) is 8.10. The van der Waals surface area contributed by atoms with Gasteiger partial charge >= 0.3 is 0 Å². The smallest absolute Gasteiger partial charge is 0.126 e. The van der Waals surface area contributed by atoms with Crippen molar-refractivity contribution >= 4 is 0 Å². The maximum Gasteiger partial charge on any atom is 0.126 e. The summed E-state index contributed by atoms with van der Waals surface area (Å²) in [4.78, 5) is 0. The van der Waals surface area contributed by atoms with Crippen LogP contribution >= 0.6 is 0 Å². The summed E-state index contributed by atoms with van der Waals surface area (Å²) in [5, 5.41) is 21.2. The second-order valence-electron chi connectivity index (χ2n) is 8.10. The number of rotatable bonds is 4. The quantitative estimate of drug-likeness (QED) is 0.727. The topological polar surface area (TPSA) is 40.5 Å². The molecule has 0 atom stereocenters. The van der Waals surface area contributed by atoms with Crippen LogP contribution in [0.3, 0.4) is 0 Å². The van der Waals surface area contributed by atoms with Crippen molar-refractivity contribution in [2.45, 2.75) is 85.0 Å². The molecule has 120 valence electrons. The Morgan fingerprint density at radius 1 is 0.905 bits per heavy atom.